The van der Waals surface area contributed by atoms with Crippen LogP contribution in [0.3, 0.4) is 0 Å². The predicted molar refractivity (Wildman–Crippen MR) is 79.1 cm³/mol. The molecule has 1 heterocycles. The highest BCUT2D eigenvalue weighted by molar-refractivity contribution is 8.00. The van der Waals surface area contributed by atoms with E-state index < -0.39 is 0 Å². The molecule has 0 saturated carbocycles. The Labute approximate surface area is 117 Å². The largest absolute Gasteiger partial charge is 0.395 e. The lowest BCUT2D eigenvalue weighted by molar-refractivity contribution is 0.269. The molecule has 0 bridgehead atoms. The Morgan fingerprint density at radius 1 is 1.26 bits per heavy atom. The van der Waals surface area contributed by atoms with E-state index in [0.717, 1.165) is 15.9 Å². The van der Waals surface area contributed by atoms with Crippen molar-refractivity contribution < 1.29 is 5.11 Å². The molecule has 0 fully saturated rings. The second-order valence-corrected chi connectivity index (χ2v) is 6.08. The van der Waals surface area contributed by atoms with Crippen LogP contribution >= 0.6 is 11.8 Å². The highest BCUT2D eigenvalue weighted by Gasteiger charge is 2.22. The summed E-state index contributed by atoms with van der Waals surface area (Å²) in [6, 6.07) is 7.80. The minimum absolute atomic E-state index is 0.0440. The van der Waals surface area contributed by atoms with Crippen LogP contribution in [0.5, 0.6) is 0 Å². The molecule has 4 nitrogen and oxygen atoms in total. The maximum atomic E-state index is 9.53. The number of aliphatic hydroxyl groups excluding tert-OH is 1. The van der Waals surface area contributed by atoms with Crippen LogP contribution < -0.4 is 5.73 Å². The zero-order valence-corrected chi connectivity index (χ0v) is 12.0. The van der Waals surface area contributed by atoms with Crippen LogP contribution in [-0.4, -0.2) is 33.0 Å². The van der Waals surface area contributed by atoms with Gasteiger partial charge in [0.1, 0.15) is 11.4 Å². The van der Waals surface area contributed by atoms with Gasteiger partial charge in [-0.1, -0.05) is 43.8 Å². The normalized spacial score (nSPS) is 14.8. The number of hydrogen-bond donors (Lipinski definition) is 2. The van der Waals surface area contributed by atoms with Crippen LogP contribution in [0, 0.1) is 5.92 Å². The van der Waals surface area contributed by atoms with Crippen LogP contribution in [0.15, 0.2) is 35.6 Å². The topological polar surface area (TPSA) is 72.0 Å². The van der Waals surface area contributed by atoms with Gasteiger partial charge in [0, 0.05) is 16.7 Å². The van der Waals surface area contributed by atoms with Crippen LogP contribution in [-0.2, 0) is 0 Å². The van der Waals surface area contributed by atoms with Crippen molar-refractivity contribution in [1.29, 1.82) is 0 Å². The smallest absolute Gasteiger partial charge is 0.117 e. The van der Waals surface area contributed by atoms with Crippen molar-refractivity contribution in [3.8, 4) is 0 Å². The summed E-state index contributed by atoms with van der Waals surface area (Å²) in [6.45, 7) is 4.17. The first-order valence-electron chi connectivity index (χ1n) is 6.36. The number of rotatable bonds is 5. The van der Waals surface area contributed by atoms with Crippen molar-refractivity contribution in [2.45, 2.75) is 30.2 Å². The van der Waals surface area contributed by atoms with Crippen LogP contribution in [0.2, 0.25) is 0 Å². The summed E-state index contributed by atoms with van der Waals surface area (Å²) in [5.74, 6) is 0.317. The summed E-state index contributed by atoms with van der Waals surface area (Å²) in [5.41, 5.74) is 7.05. The van der Waals surface area contributed by atoms with E-state index in [4.69, 9.17) is 5.73 Å². The molecule has 2 atom stereocenters. The van der Waals surface area contributed by atoms with E-state index in [1.807, 2.05) is 24.3 Å². The van der Waals surface area contributed by atoms with Crippen molar-refractivity contribution in [2.75, 3.05) is 6.61 Å². The van der Waals surface area contributed by atoms with E-state index in [1.165, 1.54) is 11.8 Å². The third-order valence-corrected chi connectivity index (χ3v) is 4.46. The first-order valence-corrected chi connectivity index (χ1v) is 7.24. The molecule has 0 amide bonds. The van der Waals surface area contributed by atoms with Gasteiger partial charge in [-0.3, -0.25) is 0 Å². The molecule has 0 aliphatic carbocycles. The number of benzene rings is 1. The third-order valence-electron chi connectivity index (χ3n) is 3.15. The van der Waals surface area contributed by atoms with Gasteiger partial charge in [-0.2, -0.15) is 0 Å². The molecule has 2 rings (SSSR count). The molecule has 0 aliphatic rings. The number of nitrogens with zero attached hydrogens (tertiary/aromatic N) is 2. The summed E-state index contributed by atoms with van der Waals surface area (Å²) in [4.78, 5) is 8.56. The third kappa shape index (κ3) is 3.23. The van der Waals surface area contributed by atoms with Gasteiger partial charge in [0.2, 0.25) is 0 Å². The van der Waals surface area contributed by atoms with Gasteiger partial charge >= 0.3 is 0 Å². The fraction of sp³-hybridized carbons (Fsp3) is 0.429. The number of hydrogen-bond acceptors (Lipinski definition) is 5. The first kappa shape index (κ1) is 14.2. The van der Waals surface area contributed by atoms with E-state index in [0.29, 0.717) is 5.92 Å². The molecule has 0 aliphatic heterocycles. The quantitative estimate of drug-likeness (QED) is 0.646. The summed E-state index contributed by atoms with van der Waals surface area (Å²) in [5, 5.41) is 11.4. The zero-order chi connectivity index (χ0) is 13.8. The van der Waals surface area contributed by atoms with Crippen molar-refractivity contribution in [1.82, 2.24) is 9.97 Å². The monoisotopic (exact) mass is 277 g/mol. The van der Waals surface area contributed by atoms with Gasteiger partial charge in [0.05, 0.1) is 12.1 Å². The molecule has 0 radical (unpaired) electrons. The number of aromatic nitrogens is 2. The summed E-state index contributed by atoms with van der Waals surface area (Å²) in [6.07, 6.45) is 1.56. The lowest BCUT2D eigenvalue weighted by Gasteiger charge is -2.24. The average molecular weight is 277 g/mol. The highest BCUT2D eigenvalue weighted by Crippen LogP contribution is 2.30. The van der Waals surface area contributed by atoms with E-state index in [1.54, 1.807) is 6.33 Å². The molecule has 2 aromatic rings. The Hall–Kier alpha value is -1.17. The number of aliphatic hydroxyl groups is 1. The first-order chi connectivity index (χ1) is 9.13. The fourth-order valence-electron chi connectivity index (χ4n) is 1.88. The SMILES string of the molecule is CC(C)C(N)C(CO)Sc1ncnc2ccccc12. The Bertz CT molecular complexity index is 542. The minimum Gasteiger partial charge on any atom is -0.395 e. The summed E-state index contributed by atoms with van der Waals surface area (Å²) < 4.78 is 0. The molecule has 19 heavy (non-hydrogen) atoms. The second kappa shape index (κ2) is 6.32. The maximum absolute atomic E-state index is 9.53. The summed E-state index contributed by atoms with van der Waals surface area (Å²) in [7, 11) is 0. The molecule has 102 valence electrons. The molecular formula is C14H19N3OS. The van der Waals surface area contributed by atoms with Gasteiger partial charge in [0.25, 0.3) is 0 Å². The molecule has 1 aromatic heterocycles. The summed E-state index contributed by atoms with van der Waals surface area (Å²) >= 11 is 1.53. The van der Waals surface area contributed by atoms with E-state index >= 15 is 0 Å². The second-order valence-electron chi connectivity index (χ2n) is 4.86. The van der Waals surface area contributed by atoms with Crippen molar-refractivity contribution in [2.24, 2.45) is 11.7 Å². The standard InChI is InChI=1S/C14H19N3OS/c1-9(2)13(15)12(7-18)19-14-10-5-3-4-6-11(10)16-8-17-14/h3-6,8-9,12-13,18H,7,15H2,1-2H3. The molecule has 2 unspecified atom stereocenters. The van der Waals surface area contributed by atoms with Gasteiger partial charge in [0.15, 0.2) is 0 Å². The molecular weight excluding hydrogens is 258 g/mol. The molecule has 0 saturated heterocycles. The van der Waals surface area contributed by atoms with Gasteiger partial charge < -0.3 is 10.8 Å². The molecule has 1 aromatic carbocycles. The average Bonchev–Trinajstić information content (AvgIpc) is 2.44. The zero-order valence-electron chi connectivity index (χ0n) is 11.2. The Morgan fingerprint density at radius 2 is 2.00 bits per heavy atom. The Kier molecular flexibility index (Phi) is 4.74. The van der Waals surface area contributed by atoms with E-state index in [9.17, 15) is 5.11 Å². The minimum atomic E-state index is -0.0660. The Morgan fingerprint density at radius 3 is 2.68 bits per heavy atom. The fourth-order valence-corrected chi connectivity index (χ4v) is 3.12. The van der Waals surface area contributed by atoms with E-state index in [-0.39, 0.29) is 17.9 Å². The highest BCUT2D eigenvalue weighted by atomic mass is 32.2. The molecule has 3 N–H and O–H groups in total. The van der Waals surface area contributed by atoms with Crippen molar-refractivity contribution in [3.05, 3.63) is 30.6 Å². The number of para-hydroxylation sites is 1. The van der Waals surface area contributed by atoms with Crippen molar-refractivity contribution in [3.63, 3.8) is 0 Å². The lowest BCUT2D eigenvalue weighted by atomic mass is 10.0. The van der Waals surface area contributed by atoms with Crippen LogP contribution in [0.4, 0.5) is 0 Å². The van der Waals surface area contributed by atoms with Crippen LogP contribution in [0.1, 0.15) is 13.8 Å². The van der Waals surface area contributed by atoms with Gasteiger partial charge in [-0.15, -0.1) is 0 Å². The number of nitrogens with two attached hydrogens (primary N) is 1. The number of thioether (sulfide) groups is 1. The Balaban J connectivity index is 2.29. The molecule has 5 heteroatoms. The number of fused-ring (bicyclic) bond motifs is 1. The van der Waals surface area contributed by atoms with Gasteiger partial charge in [-0.05, 0) is 12.0 Å². The van der Waals surface area contributed by atoms with E-state index in [2.05, 4.69) is 23.8 Å². The maximum Gasteiger partial charge on any atom is 0.117 e. The molecule has 0 spiro atoms. The lowest BCUT2D eigenvalue weighted by Crippen LogP contribution is -2.39. The van der Waals surface area contributed by atoms with Gasteiger partial charge in [-0.25, -0.2) is 9.97 Å². The van der Waals surface area contributed by atoms with Crippen molar-refractivity contribution >= 4 is 22.7 Å². The van der Waals surface area contributed by atoms with Crippen LogP contribution in [0.25, 0.3) is 10.9 Å². The predicted octanol–water partition coefficient (Wildman–Crippen LogP) is 2.07.